The molecule has 0 spiro atoms. The van der Waals surface area contributed by atoms with Gasteiger partial charge in [0, 0.05) is 6.42 Å². The lowest BCUT2D eigenvalue weighted by molar-refractivity contribution is 0.304. The standard InChI is InChI=1S/C14H25NO/c1-15-14(12-8-9-13-16)10-6-4-2-3-5-7-11-14/h15-16H,2-7,9-11,13H2,1H3. The summed E-state index contributed by atoms with van der Waals surface area (Å²) in [6.45, 7) is 0.173. The summed E-state index contributed by atoms with van der Waals surface area (Å²) < 4.78 is 0. The first-order chi connectivity index (χ1) is 7.83. The van der Waals surface area contributed by atoms with Crippen molar-refractivity contribution in [2.24, 2.45) is 0 Å². The van der Waals surface area contributed by atoms with Crippen molar-refractivity contribution in [1.82, 2.24) is 5.32 Å². The van der Waals surface area contributed by atoms with Crippen LogP contribution in [0.25, 0.3) is 0 Å². The number of hydrogen-bond acceptors (Lipinski definition) is 2. The second-order valence-electron chi connectivity index (χ2n) is 4.73. The molecule has 1 fully saturated rings. The number of rotatable bonds is 2. The Bertz CT molecular complexity index is 229. The maximum absolute atomic E-state index is 8.78. The van der Waals surface area contributed by atoms with Gasteiger partial charge in [-0.05, 0) is 19.9 Å². The monoisotopic (exact) mass is 223 g/mol. The fourth-order valence-corrected chi connectivity index (χ4v) is 2.41. The van der Waals surface area contributed by atoms with E-state index in [2.05, 4.69) is 17.2 Å². The molecular formula is C14H25NO. The molecule has 2 N–H and O–H groups in total. The van der Waals surface area contributed by atoms with Crippen LogP contribution in [-0.4, -0.2) is 24.3 Å². The molecule has 0 amide bonds. The van der Waals surface area contributed by atoms with Crippen molar-refractivity contribution < 1.29 is 5.11 Å². The van der Waals surface area contributed by atoms with Crippen molar-refractivity contribution in [1.29, 1.82) is 0 Å². The molecule has 2 nitrogen and oxygen atoms in total. The molecule has 92 valence electrons. The molecule has 2 heteroatoms. The van der Waals surface area contributed by atoms with Crippen LogP contribution in [0, 0.1) is 11.8 Å². The quantitative estimate of drug-likeness (QED) is 0.705. The topological polar surface area (TPSA) is 32.3 Å². The smallest absolute Gasteiger partial charge is 0.0798 e. The Morgan fingerprint density at radius 3 is 2.12 bits per heavy atom. The van der Waals surface area contributed by atoms with Crippen LogP contribution in [0.15, 0.2) is 0 Å². The van der Waals surface area contributed by atoms with Crippen molar-refractivity contribution in [3.05, 3.63) is 0 Å². The van der Waals surface area contributed by atoms with Crippen LogP contribution in [0.3, 0.4) is 0 Å². The third-order valence-corrected chi connectivity index (χ3v) is 3.50. The predicted molar refractivity (Wildman–Crippen MR) is 68.2 cm³/mol. The highest BCUT2D eigenvalue weighted by atomic mass is 16.2. The summed E-state index contributed by atoms with van der Waals surface area (Å²) in [6.07, 6.45) is 10.9. The van der Waals surface area contributed by atoms with E-state index in [1.807, 2.05) is 7.05 Å². The van der Waals surface area contributed by atoms with E-state index in [1.165, 1.54) is 38.5 Å². The van der Waals surface area contributed by atoms with Gasteiger partial charge in [0.15, 0.2) is 0 Å². The fraction of sp³-hybridized carbons (Fsp3) is 0.857. The summed E-state index contributed by atoms with van der Waals surface area (Å²) in [5.41, 5.74) is 0.0134. The molecule has 0 unspecified atom stereocenters. The van der Waals surface area contributed by atoms with E-state index in [-0.39, 0.29) is 12.1 Å². The Balaban J connectivity index is 2.61. The molecule has 1 aliphatic rings. The highest BCUT2D eigenvalue weighted by Crippen LogP contribution is 2.24. The summed E-state index contributed by atoms with van der Waals surface area (Å²) in [5, 5.41) is 12.2. The van der Waals surface area contributed by atoms with Crippen molar-refractivity contribution in [2.75, 3.05) is 13.7 Å². The lowest BCUT2D eigenvalue weighted by atomic mass is 9.88. The van der Waals surface area contributed by atoms with Gasteiger partial charge >= 0.3 is 0 Å². The van der Waals surface area contributed by atoms with Crippen LogP contribution in [0.2, 0.25) is 0 Å². The molecule has 0 aromatic rings. The molecule has 0 atom stereocenters. The molecule has 0 heterocycles. The van der Waals surface area contributed by atoms with Crippen LogP contribution in [0.4, 0.5) is 0 Å². The lowest BCUT2D eigenvalue weighted by Crippen LogP contribution is -2.41. The average Bonchev–Trinajstić information content (AvgIpc) is 2.42. The normalized spacial score (nSPS) is 21.1. The van der Waals surface area contributed by atoms with Gasteiger partial charge < -0.3 is 10.4 Å². The van der Waals surface area contributed by atoms with Crippen LogP contribution >= 0.6 is 0 Å². The Hall–Kier alpha value is -0.520. The van der Waals surface area contributed by atoms with Crippen LogP contribution in [-0.2, 0) is 0 Å². The van der Waals surface area contributed by atoms with E-state index in [9.17, 15) is 0 Å². The summed E-state index contributed by atoms with van der Waals surface area (Å²) >= 11 is 0. The van der Waals surface area contributed by atoms with E-state index in [1.54, 1.807) is 0 Å². The SMILES string of the molecule is CNC1(C#CCCO)CCCCCCCC1. The van der Waals surface area contributed by atoms with Crippen LogP contribution in [0.5, 0.6) is 0 Å². The van der Waals surface area contributed by atoms with E-state index in [4.69, 9.17) is 5.11 Å². The van der Waals surface area contributed by atoms with Crippen molar-refractivity contribution in [2.45, 2.75) is 63.3 Å². The molecule has 1 aliphatic carbocycles. The maximum atomic E-state index is 8.78. The molecule has 1 saturated carbocycles. The Kier molecular flexibility index (Phi) is 6.52. The van der Waals surface area contributed by atoms with Gasteiger partial charge in [0.1, 0.15) is 0 Å². The maximum Gasteiger partial charge on any atom is 0.0798 e. The van der Waals surface area contributed by atoms with Crippen molar-refractivity contribution in [3.8, 4) is 11.8 Å². The third kappa shape index (κ3) is 4.55. The van der Waals surface area contributed by atoms with Gasteiger partial charge in [0.2, 0.25) is 0 Å². The fourth-order valence-electron chi connectivity index (χ4n) is 2.41. The minimum Gasteiger partial charge on any atom is -0.395 e. The molecule has 1 rings (SSSR count). The summed E-state index contributed by atoms with van der Waals surface area (Å²) in [4.78, 5) is 0. The predicted octanol–water partition coefficient (Wildman–Crippen LogP) is 2.46. The summed E-state index contributed by atoms with van der Waals surface area (Å²) in [7, 11) is 2.02. The number of hydrogen-bond donors (Lipinski definition) is 2. The molecule has 0 aliphatic heterocycles. The van der Waals surface area contributed by atoms with Gasteiger partial charge in [-0.25, -0.2) is 0 Å². The van der Waals surface area contributed by atoms with Gasteiger partial charge in [-0.1, -0.05) is 50.4 Å². The van der Waals surface area contributed by atoms with Crippen LogP contribution < -0.4 is 5.32 Å². The highest BCUT2D eigenvalue weighted by Gasteiger charge is 2.25. The average molecular weight is 223 g/mol. The van der Waals surface area contributed by atoms with E-state index >= 15 is 0 Å². The van der Waals surface area contributed by atoms with Crippen molar-refractivity contribution >= 4 is 0 Å². The van der Waals surface area contributed by atoms with Crippen molar-refractivity contribution in [3.63, 3.8) is 0 Å². The molecule has 0 radical (unpaired) electrons. The first-order valence-corrected chi connectivity index (χ1v) is 6.63. The summed E-state index contributed by atoms with van der Waals surface area (Å²) in [6, 6.07) is 0. The van der Waals surface area contributed by atoms with E-state index < -0.39 is 0 Å². The zero-order valence-electron chi connectivity index (χ0n) is 10.5. The van der Waals surface area contributed by atoms with Crippen LogP contribution in [0.1, 0.15) is 57.8 Å². The van der Waals surface area contributed by atoms with E-state index in [0.29, 0.717) is 6.42 Å². The molecule has 0 bridgehead atoms. The number of aliphatic hydroxyl groups is 1. The minimum absolute atomic E-state index is 0.0134. The van der Waals surface area contributed by atoms with E-state index in [0.717, 1.165) is 12.8 Å². The minimum atomic E-state index is 0.0134. The molecular weight excluding hydrogens is 198 g/mol. The zero-order chi connectivity index (χ0) is 11.7. The largest absolute Gasteiger partial charge is 0.395 e. The first kappa shape index (κ1) is 13.5. The second-order valence-corrected chi connectivity index (χ2v) is 4.73. The van der Waals surface area contributed by atoms with Gasteiger partial charge in [0.25, 0.3) is 0 Å². The van der Waals surface area contributed by atoms with Gasteiger partial charge in [-0.2, -0.15) is 0 Å². The Morgan fingerprint density at radius 2 is 1.62 bits per heavy atom. The molecule has 0 saturated heterocycles. The molecule has 0 aromatic heterocycles. The van der Waals surface area contributed by atoms with Gasteiger partial charge in [-0.15, -0.1) is 0 Å². The Labute approximate surface area is 99.8 Å². The lowest BCUT2D eigenvalue weighted by Gasteiger charge is -2.28. The Morgan fingerprint density at radius 1 is 1.06 bits per heavy atom. The molecule has 16 heavy (non-hydrogen) atoms. The zero-order valence-corrected chi connectivity index (χ0v) is 10.5. The van der Waals surface area contributed by atoms with Gasteiger partial charge in [-0.3, -0.25) is 0 Å². The second kappa shape index (κ2) is 7.70. The third-order valence-electron chi connectivity index (χ3n) is 3.50. The first-order valence-electron chi connectivity index (χ1n) is 6.63. The number of nitrogens with one attached hydrogen (secondary N) is 1. The molecule has 0 aromatic carbocycles. The number of aliphatic hydroxyl groups excluding tert-OH is 1. The summed E-state index contributed by atoms with van der Waals surface area (Å²) in [5.74, 6) is 6.46. The highest BCUT2D eigenvalue weighted by molar-refractivity contribution is 5.17. The van der Waals surface area contributed by atoms with Gasteiger partial charge in [0.05, 0.1) is 12.1 Å².